The van der Waals surface area contributed by atoms with Crippen molar-refractivity contribution in [1.82, 2.24) is 4.90 Å². The van der Waals surface area contributed by atoms with Crippen molar-refractivity contribution in [2.24, 2.45) is 0 Å². The lowest BCUT2D eigenvalue weighted by Crippen LogP contribution is -2.37. The maximum absolute atomic E-state index is 12.4. The molecule has 104 valence electrons. The second-order valence-corrected chi connectivity index (χ2v) is 6.90. The van der Waals surface area contributed by atoms with E-state index in [4.69, 9.17) is 4.74 Å². The molecule has 1 fully saturated rings. The second-order valence-electron chi connectivity index (χ2n) is 4.67. The van der Waals surface area contributed by atoms with Crippen LogP contribution >= 0.6 is 0 Å². The van der Waals surface area contributed by atoms with Crippen molar-refractivity contribution in [2.75, 3.05) is 25.7 Å². The Morgan fingerprint density at radius 1 is 1.37 bits per heavy atom. The average Bonchev–Trinajstić information content (AvgIpc) is 2.77. The van der Waals surface area contributed by atoms with Gasteiger partial charge in [-0.05, 0) is 18.6 Å². The van der Waals surface area contributed by atoms with Gasteiger partial charge in [0.25, 0.3) is 5.91 Å². The van der Waals surface area contributed by atoms with Crippen molar-refractivity contribution < 1.29 is 17.9 Å². The molecule has 1 aliphatic heterocycles. The first-order chi connectivity index (χ1) is 8.94. The maximum Gasteiger partial charge on any atom is 0.257 e. The molecule has 0 spiro atoms. The number of carbonyl (C=O) groups excluding carboxylic acids is 1. The van der Waals surface area contributed by atoms with Crippen molar-refractivity contribution in [1.29, 1.82) is 0 Å². The number of hydrogen-bond donors (Lipinski definition) is 0. The maximum atomic E-state index is 12.4. The van der Waals surface area contributed by atoms with Gasteiger partial charge in [-0.1, -0.05) is 12.1 Å². The summed E-state index contributed by atoms with van der Waals surface area (Å²) in [5, 5.41) is 0. The highest BCUT2D eigenvalue weighted by Gasteiger charge is 2.33. The zero-order chi connectivity index (χ0) is 14.0. The third-order valence-corrected chi connectivity index (χ3v) is 5.16. The van der Waals surface area contributed by atoms with Crippen molar-refractivity contribution in [3.8, 4) is 5.75 Å². The van der Waals surface area contributed by atoms with Gasteiger partial charge in [0.2, 0.25) is 0 Å². The number of carbonyl (C=O) groups is 1. The molecular weight excluding hydrogens is 266 g/mol. The first kappa shape index (κ1) is 13.9. The molecule has 0 N–H and O–H groups in total. The molecule has 19 heavy (non-hydrogen) atoms. The SMILES string of the molecule is COc1ccccc1C(=O)N(C)C1CCS(=O)(=O)C1. The molecule has 1 aliphatic rings. The fraction of sp³-hybridized carbons (Fsp3) is 0.462. The van der Waals surface area contributed by atoms with Crippen LogP contribution in [0.15, 0.2) is 24.3 Å². The summed E-state index contributed by atoms with van der Waals surface area (Å²) >= 11 is 0. The molecule has 5 nitrogen and oxygen atoms in total. The first-order valence-electron chi connectivity index (χ1n) is 6.05. The van der Waals surface area contributed by atoms with E-state index in [0.717, 1.165) is 0 Å². The summed E-state index contributed by atoms with van der Waals surface area (Å²) < 4.78 is 28.1. The number of nitrogens with zero attached hydrogens (tertiary/aromatic N) is 1. The van der Waals surface area contributed by atoms with Crippen LogP contribution in [0, 0.1) is 0 Å². The summed E-state index contributed by atoms with van der Waals surface area (Å²) in [5.74, 6) is 0.491. The largest absolute Gasteiger partial charge is 0.496 e. The first-order valence-corrected chi connectivity index (χ1v) is 7.87. The highest BCUT2D eigenvalue weighted by atomic mass is 32.2. The number of rotatable bonds is 3. The standard InChI is InChI=1S/C13H17NO4S/c1-14(10-7-8-19(16,17)9-10)13(15)11-5-3-4-6-12(11)18-2/h3-6,10H,7-9H2,1-2H3. The fourth-order valence-corrected chi connectivity index (χ4v) is 4.03. The van der Waals surface area contributed by atoms with Crippen LogP contribution in [0.3, 0.4) is 0 Å². The Bertz CT molecular complexity index is 582. The third-order valence-electron chi connectivity index (χ3n) is 3.41. The number of amides is 1. The van der Waals surface area contributed by atoms with Crippen molar-refractivity contribution in [3.05, 3.63) is 29.8 Å². The van der Waals surface area contributed by atoms with Gasteiger partial charge in [-0.25, -0.2) is 8.42 Å². The van der Waals surface area contributed by atoms with Gasteiger partial charge in [0.05, 0.1) is 24.2 Å². The summed E-state index contributed by atoms with van der Waals surface area (Å²) in [4.78, 5) is 13.9. The average molecular weight is 283 g/mol. The number of para-hydroxylation sites is 1. The molecular formula is C13H17NO4S. The van der Waals surface area contributed by atoms with Crippen LogP contribution in [0.4, 0.5) is 0 Å². The quantitative estimate of drug-likeness (QED) is 0.828. The minimum absolute atomic E-state index is 0.0460. The van der Waals surface area contributed by atoms with Crippen LogP contribution < -0.4 is 4.74 Å². The lowest BCUT2D eigenvalue weighted by Gasteiger charge is -2.24. The summed E-state index contributed by atoms with van der Waals surface area (Å²) in [6.45, 7) is 0. The molecule has 0 bridgehead atoms. The molecule has 1 unspecified atom stereocenters. The van der Waals surface area contributed by atoms with Crippen LogP contribution in [-0.2, 0) is 9.84 Å². The molecule has 0 aromatic heterocycles. The van der Waals surface area contributed by atoms with Gasteiger partial charge in [-0.15, -0.1) is 0 Å². The van der Waals surface area contributed by atoms with Gasteiger partial charge in [0, 0.05) is 13.1 Å². The normalized spacial score (nSPS) is 21.1. The number of methoxy groups -OCH3 is 1. The predicted molar refractivity (Wildman–Crippen MR) is 72.1 cm³/mol. The number of ether oxygens (including phenoxy) is 1. The van der Waals surface area contributed by atoms with E-state index in [1.807, 2.05) is 0 Å². The Balaban J connectivity index is 2.20. The smallest absolute Gasteiger partial charge is 0.257 e. The van der Waals surface area contributed by atoms with E-state index < -0.39 is 9.84 Å². The summed E-state index contributed by atoms with van der Waals surface area (Å²) in [6, 6.07) is 6.69. The molecule has 1 aromatic carbocycles. The molecule has 0 saturated carbocycles. The molecule has 1 amide bonds. The summed E-state index contributed by atoms with van der Waals surface area (Å²) in [5.41, 5.74) is 0.455. The van der Waals surface area contributed by atoms with Crippen molar-refractivity contribution in [3.63, 3.8) is 0 Å². The molecule has 0 radical (unpaired) electrons. The Morgan fingerprint density at radius 3 is 2.63 bits per heavy atom. The zero-order valence-corrected chi connectivity index (χ0v) is 11.8. The number of sulfone groups is 1. The van der Waals surface area contributed by atoms with Gasteiger partial charge >= 0.3 is 0 Å². The molecule has 0 aliphatic carbocycles. The minimum atomic E-state index is -3.00. The van der Waals surface area contributed by atoms with E-state index in [2.05, 4.69) is 0 Å². The minimum Gasteiger partial charge on any atom is -0.496 e. The molecule has 1 aromatic rings. The molecule has 2 rings (SSSR count). The Hall–Kier alpha value is -1.56. The van der Waals surface area contributed by atoms with Crippen molar-refractivity contribution >= 4 is 15.7 Å². The van der Waals surface area contributed by atoms with Gasteiger partial charge < -0.3 is 9.64 Å². The van der Waals surface area contributed by atoms with Crippen LogP contribution in [0.5, 0.6) is 5.75 Å². The van der Waals surface area contributed by atoms with E-state index in [0.29, 0.717) is 17.7 Å². The summed E-state index contributed by atoms with van der Waals surface area (Å²) in [7, 11) is 0.148. The van der Waals surface area contributed by atoms with E-state index in [1.54, 1.807) is 31.3 Å². The van der Waals surface area contributed by atoms with E-state index in [9.17, 15) is 13.2 Å². The van der Waals surface area contributed by atoms with Crippen molar-refractivity contribution in [2.45, 2.75) is 12.5 Å². The Morgan fingerprint density at radius 2 is 2.05 bits per heavy atom. The van der Waals surface area contributed by atoms with Gasteiger partial charge in [0.15, 0.2) is 9.84 Å². The molecule has 1 saturated heterocycles. The third kappa shape index (κ3) is 2.89. The van der Waals surface area contributed by atoms with Gasteiger partial charge in [0.1, 0.15) is 5.75 Å². The van der Waals surface area contributed by atoms with Gasteiger partial charge in [-0.3, -0.25) is 4.79 Å². The van der Waals surface area contributed by atoms with E-state index >= 15 is 0 Å². The lowest BCUT2D eigenvalue weighted by atomic mass is 10.1. The Labute approximate surface area is 113 Å². The monoisotopic (exact) mass is 283 g/mol. The second kappa shape index (κ2) is 5.21. The highest BCUT2D eigenvalue weighted by Crippen LogP contribution is 2.23. The Kier molecular flexibility index (Phi) is 3.80. The fourth-order valence-electron chi connectivity index (χ4n) is 2.26. The summed E-state index contributed by atoms with van der Waals surface area (Å²) in [6.07, 6.45) is 0.500. The lowest BCUT2D eigenvalue weighted by molar-refractivity contribution is 0.0744. The molecule has 6 heteroatoms. The van der Waals surface area contributed by atoms with E-state index in [-0.39, 0.29) is 23.5 Å². The van der Waals surface area contributed by atoms with Crippen LogP contribution in [0.2, 0.25) is 0 Å². The molecule has 1 heterocycles. The topological polar surface area (TPSA) is 63.7 Å². The van der Waals surface area contributed by atoms with Crippen LogP contribution in [0.1, 0.15) is 16.8 Å². The highest BCUT2D eigenvalue weighted by molar-refractivity contribution is 7.91. The van der Waals surface area contributed by atoms with Crippen LogP contribution in [0.25, 0.3) is 0 Å². The number of hydrogen-bond acceptors (Lipinski definition) is 4. The van der Waals surface area contributed by atoms with E-state index in [1.165, 1.54) is 12.0 Å². The molecule has 1 atom stereocenters. The zero-order valence-electron chi connectivity index (χ0n) is 11.0. The van der Waals surface area contributed by atoms with Crippen LogP contribution in [-0.4, -0.2) is 50.9 Å². The van der Waals surface area contributed by atoms with Gasteiger partial charge in [-0.2, -0.15) is 0 Å². The number of benzene rings is 1. The predicted octanol–water partition coefficient (Wildman–Crippen LogP) is 0.954.